The van der Waals surface area contributed by atoms with Crippen molar-refractivity contribution in [2.45, 2.75) is 12.8 Å². The normalized spacial score (nSPS) is 14.5. The van der Waals surface area contributed by atoms with Crippen LogP contribution < -0.4 is 10.2 Å². The summed E-state index contributed by atoms with van der Waals surface area (Å²) in [6, 6.07) is 15.4. The molecular formula is C20H19N3O2. The molecule has 4 rings (SSSR count). The summed E-state index contributed by atoms with van der Waals surface area (Å²) >= 11 is 0. The molecule has 25 heavy (non-hydrogen) atoms. The van der Waals surface area contributed by atoms with Gasteiger partial charge in [-0.15, -0.1) is 0 Å². The van der Waals surface area contributed by atoms with Crippen molar-refractivity contribution in [2.75, 3.05) is 23.3 Å². The molecule has 0 radical (unpaired) electrons. The van der Waals surface area contributed by atoms with Gasteiger partial charge in [0.15, 0.2) is 5.58 Å². The highest BCUT2D eigenvalue weighted by Crippen LogP contribution is 2.28. The second-order valence-electron chi connectivity index (χ2n) is 6.05. The molecule has 0 aliphatic carbocycles. The molecule has 126 valence electrons. The number of para-hydroxylation sites is 4. The lowest BCUT2D eigenvalue weighted by Crippen LogP contribution is -2.20. The van der Waals surface area contributed by atoms with Crippen molar-refractivity contribution in [3.63, 3.8) is 0 Å². The summed E-state index contributed by atoms with van der Waals surface area (Å²) in [5, 5.41) is 2.95. The predicted octanol–water partition coefficient (Wildman–Crippen LogP) is 4.08. The first-order valence-corrected chi connectivity index (χ1v) is 8.48. The van der Waals surface area contributed by atoms with Gasteiger partial charge in [0.1, 0.15) is 5.52 Å². The summed E-state index contributed by atoms with van der Waals surface area (Å²) in [6.07, 6.45) is 5.43. The van der Waals surface area contributed by atoms with Gasteiger partial charge in [-0.05, 0) is 37.1 Å². The van der Waals surface area contributed by atoms with Crippen molar-refractivity contribution in [1.82, 2.24) is 4.98 Å². The number of carbonyl (C=O) groups excluding carboxylic acids is 1. The van der Waals surface area contributed by atoms with Gasteiger partial charge >= 0.3 is 0 Å². The Hall–Kier alpha value is -3.08. The summed E-state index contributed by atoms with van der Waals surface area (Å²) in [5.41, 5.74) is 3.39. The molecule has 3 aromatic rings. The van der Waals surface area contributed by atoms with Crippen LogP contribution in [0, 0.1) is 0 Å². The average molecular weight is 333 g/mol. The third-order valence-electron chi connectivity index (χ3n) is 4.30. The first-order chi connectivity index (χ1) is 12.3. The SMILES string of the molecule is O=C(C=Cc1nc2ccccc2o1)Nc1ccccc1N1CCCC1. The average Bonchev–Trinajstić information content (AvgIpc) is 3.30. The van der Waals surface area contributed by atoms with Gasteiger partial charge in [-0.3, -0.25) is 4.79 Å². The lowest BCUT2D eigenvalue weighted by atomic mass is 10.2. The molecule has 0 saturated carbocycles. The Balaban J connectivity index is 1.48. The van der Waals surface area contributed by atoms with E-state index in [-0.39, 0.29) is 5.91 Å². The molecule has 2 aromatic carbocycles. The number of aromatic nitrogens is 1. The van der Waals surface area contributed by atoms with Crippen LogP contribution in [-0.4, -0.2) is 24.0 Å². The molecule has 5 heteroatoms. The van der Waals surface area contributed by atoms with Crippen LogP contribution in [0.2, 0.25) is 0 Å². The van der Waals surface area contributed by atoms with Gasteiger partial charge in [-0.2, -0.15) is 0 Å². The monoisotopic (exact) mass is 333 g/mol. The highest BCUT2D eigenvalue weighted by Gasteiger charge is 2.16. The summed E-state index contributed by atoms with van der Waals surface area (Å²) in [6.45, 7) is 2.07. The van der Waals surface area contributed by atoms with Gasteiger partial charge in [0.05, 0.1) is 11.4 Å². The van der Waals surface area contributed by atoms with E-state index in [1.54, 1.807) is 6.08 Å². The van der Waals surface area contributed by atoms with Crippen LogP contribution in [0.1, 0.15) is 18.7 Å². The number of hydrogen-bond acceptors (Lipinski definition) is 4. The van der Waals surface area contributed by atoms with Crippen molar-refractivity contribution in [3.05, 3.63) is 60.5 Å². The smallest absolute Gasteiger partial charge is 0.248 e. The standard InChI is InChI=1S/C20H19N3O2/c24-19(11-12-20-22-16-8-2-4-10-18(16)25-20)21-15-7-1-3-9-17(15)23-13-5-6-14-23/h1-4,7-12H,5-6,13-14H2,(H,21,24). The van der Waals surface area contributed by atoms with E-state index in [1.165, 1.54) is 18.9 Å². The molecule has 1 amide bonds. The molecular weight excluding hydrogens is 314 g/mol. The Morgan fingerprint density at radius 2 is 1.84 bits per heavy atom. The summed E-state index contributed by atoms with van der Waals surface area (Å²) < 4.78 is 5.59. The highest BCUT2D eigenvalue weighted by atomic mass is 16.3. The minimum absolute atomic E-state index is 0.200. The fourth-order valence-corrected chi connectivity index (χ4v) is 3.10. The molecule has 2 heterocycles. The molecule has 0 spiro atoms. The number of oxazole rings is 1. The zero-order valence-electron chi connectivity index (χ0n) is 13.8. The zero-order valence-corrected chi connectivity index (χ0v) is 13.8. The van der Waals surface area contributed by atoms with Crippen LogP contribution >= 0.6 is 0 Å². The Bertz CT molecular complexity index is 890. The molecule has 0 atom stereocenters. The van der Waals surface area contributed by atoms with Gasteiger partial charge in [-0.25, -0.2) is 4.98 Å². The Morgan fingerprint density at radius 3 is 2.68 bits per heavy atom. The number of amides is 1. The van der Waals surface area contributed by atoms with Crippen LogP contribution in [0.5, 0.6) is 0 Å². The maximum Gasteiger partial charge on any atom is 0.248 e. The summed E-state index contributed by atoms with van der Waals surface area (Å²) in [5.74, 6) is 0.220. The quantitative estimate of drug-likeness (QED) is 0.731. The minimum atomic E-state index is -0.200. The van der Waals surface area contributed by atoms with E-state index in [4.69, 9.17) is 4.42 Å². The molecule has 1 aliphatic heterocycles. The number of fused-ring (bicyclic) bond motifs is 1. The maximum atomic E-state index is 12.3. The lowest BCUT2D eigenvalue weighted by molar-refractivity contribution is -0.111. The second-order valence-corrected chi connectivity index (χ2v) is 6.05. The van der Waals surface area contributed by atoms with Crippen LogP contribution in [0.3, 0.4) is 0 Å². The van der Waals surface area contributed by atoms with Crippen LogP contribution in [0.15, 0.2) is 59.0 Å². The molecule has 1 aliphatic rings. The molecule has 5 nitrogen and oxygen atoms in total. The van der Waals surface area contributed by atoms with Crippen LogP contribution in [-0.2, 0) is 4.79 Å². The van der Waals surface area contributed by atoms with E-state index in [9.17, 15) is 4.79 Å². The summed E-state index contributed by atoms with van der Waals surface area (Å²) in [4.78, 5) is 18.9. The number of benzene rings is 2. The van der Waals surface area contributed by atoms with Gasteiger partial charge < -0.3 is 14.6 Å². The van der Waals surface area contributed by atoms with E-state index < -0.39 is 0 Å². The molecule has 1 fully saturated rings. The predicted molar refractivity (Wildman–Crippen MR) is 99.6 cm³/mol. The van der Waals surface area contributed by atoms with E-state index in [0.29, 0.717) is 11.5 Å². The van der Waals surface area contributed by atoms with Gasteiger partial charge in [-0.1, -0.05) is 24.3 Å². The molecule has 1 aromatic heterocycles. The van der Waals surface area contributed by atoms with Crippen LogP contribution in [0.4, 0.5) is 11.4 Å². The largest absolute Gasteiger partial charge is 0.437 e. The first kappa shape index (κ1) is 15.4. The van der Waals surface area contributed by atoms with Gasteiger partial charge in [0.25, 0.3) is 0 Å². The second kappa shape index (κ2) is 6.81. The topological polar surface area (TPSA) is 58.4 Å². The maximum absolute atomic E-state index is 12.3. The third-order valence-corrected chi connectivity index (χ3v) is 4.30. The number of rotatable bonds is 4. The van der Waals surface area contributed by atoms with E-state index in [1.807, 2.05) is 48.5 Å². The number of nitrogens with zero attached hydrogens (tertiary/aromatic N) is 2. The van der Waals surface area contributed by atoms with Crippen molar-refractivity contribution in [1.29, 1.82) is 0 Å². The fourth-order valence-electron chi connectivity index (χ4n) is 3.10. The van der Waals surface area contributed by atoms with Crippen LogP contribution in [0.25, 0.3) is 17.2 Å². The van der Waals surface area contributed by atoms with Crippen molar-refractivity contribution in [3.8, 4) is 0 Å². The third kappa shape index (κ3) is 3.40. The Kier molecular flexibility index (Phi) is 4.21. The lowest BCUT2D eigenvalue weighted by Gasteiger charge is -2.21. The number of carbonyl (C=O) groups is 1. The molecule has 1 N–H and O–H groups in total. The zero-order chi connectivity index (χ0) is 17.1. The van der Waals surface area contributed by atoms with Gasteiger partial charge in [0.2, 0.25) is 11.8 Å². The fraction of sp³-hybridized carbons (Fsp3) is 0.200. The minimum Gasteiger partial charge on any atom is -0.437 e. The molecule has 0 unspecified atom stereocenters. The summed E-state index contributed by atoms with van der Waals surface area (Å²) in [7, 11) is 0. The highest BCUT2D eigenvalue weighted by molar-refractivity contribution is 6.03. The van der Waals surface area contributed by atoms with Crippen molar-refractivity contribution >= 4 is 34.5 Å². The molecule has 1 saturated heterocycles. The van der Waals surface area contributed by atoms with E-state index >= 15 is 0 Å². The Labute approximate surface area is 146 Å². The first-order valence-electron chi connectivity index (χ1n) is 8.48. The number of nitrogens with one attached hydrogen (secondary N) is 1. The van der Waals surface area contributed by atoms with E-state index in [2.05, 4.69) is 15.2 Å². The number of anilines is 2. The van der Waals surface area contributed by atoms with Crippen molar-refractivity contribution < 1.29 is 9.21 Å². The Morgan fingerprint density at radius 1 is 1.08 bits per heavy atom. The van der Waals surface area contributed by atoms with E-state index in [0.717, 1.165) is 30.0 Å². The number of hydrogen-bond donors (Lipinski definition) is 1. The van der Waals surface area contributed by atoms with Gasteiger partial charge in [0, 0.05) is 25.2 Å². The molecule has 0 bridgehead atoms. The van der Waals surface area contributed by atoms with Crippen molar-refractivity contribution in [2.24, 2.45) is 0 Å².